The van der Waals surface area contributed by atoms with Crippen molar-refractivity contribution in [3.63, 3.8) is 0 Å². The van der Waals surface area contributed by atoms with Crippen molar-refractivity contribution in [2.24, 2.45) is 0 Å². The van der Waals surface area contributed by atoms with Gasteiger partial charge in [0.25, 0.3) is 0 Å². The second-order valence-electron chi connectivity index (χ2n) is 5.39. The third-order valence-electron chi connectivity index (χ3n) is 3.85. The Bertz CT molecular complexity index is 667. The summed E-state index contributed by atoms with van der Waals surface area (Å²) in [7, 11) is 0. The van der Waals surface area contributed by atoms with E-state index in [0.29, 0.717) is 5.82 Å². The summed E-state index contributed by atoms with van der Waals surface area (Å²) in [6.07, 6.45) is 3.25. The topological polar surface area (TPSA) is 71.1 Å². The third-order valence-corrected chi connectivity index (χ3v) is 3.85. The summed E-state index contributed by atoms with van der Waals surface area (Å²) in [6.45, 7) is -0.0516. The zero-order chi connectivity index (χ0) is 15.4. The largest absolute Gasteiger partial charge is 0.346 e. The lowest BCUT2D eigenvalue weighted by atomic mass is 9.95. The minimum Gasteiger partial charge on any atom is -0.346 e. The molecule has 0 radical (unpaired) electrons. The normalized spacial score (nSPS) is 14.9. The van der Waals surface area contributed by atoms with E-state index in [2.05, 4.69) is 15.6 Å². The number of hydrogen-bond donors (Lipinski definition) is 2. The van der Waals surface area contributed by atoms with Crippen LogP contribution in [0.4, 0.5) is 5.82 Å². The number of amides is 2. The SMILES string of the molecule is O=C(CNC(=O)C1(c2ccccc2)CC1)Nc1ccccn1. The van der Waals surface area contributed by atoms with Gasteiger partial charge in [-0.3, -0.25) is 9.59 Å². The van der Waals surface area contributed by atoms with Crippen LogP contribution in [0, 0.1) is 0 Å². The number of rotatable bonds is 5. The molecule has 112 valence electrons. The van der Waals surface area contributed by atoms with Crippen LogP contribution in [0.2, 0.25) is 0 Å². The van der Waals surface area contributed by atoms with Gasteiger partial charge in [0, 0.05) is 6.20 Å². The molecule has 0 saturated heterocycles. The minimum absolute atomic E-state index is 0.0516. The molecular weight excluding hydrogens is 278 g/mol. The molecule has 2 amide bonds. The van der Waals surface area contributed by atoms with E-state index in [0.717, 1.165) is 18.4 Å². The van der Waals surface area contributed by atoms with Crippen molar-refractivity contribution in [2.75, 3.05) is 11.9 Å². The van der Waals surface area contributed by atoms with Gasteiger partial charge >= 0.3 is 0 Å². The Morgan fingerprint density at radius 2 is 1.77 bits per heavy atom. The highest BCUT2D eigenvalue weighted by Gasteiger charge is 2.51. The number of nitrogens with zero attached hydrogens (tertiary/aromatic N) is 1. The van der Waals surface area contributed by atoms with Crippen molar-refractivity contribution in [2.45, 2.75) is 18.3 Å². The molecule has 1 heterocycles. The zero-order valence-electron chi connectivity index (χ0n) is 12.1. The molecule has 1 saturated carbocycles. The molecule has 5 nitrogen and oxygen atoms in total. The second-order valence-corrected chi connectivity index (χ2v) is 5.39. The van der Waals surface area contributed by atoms with Gasteiger partial charge in [-0.25, -0.2) is 4.98 Å². The fourth-order valence-corrected chi connectivity index (χ4v) is 2.48. The molecular formula is C17H17N3O2. The summed E-state index contributed by atoms with van der Waals surface area (Å²) in [4.78, 5) is 28.2. The Morgan fingerprint density at radius 3 is 2.41 bits per heavy atom. The first kappa shape index (κ1) is 14.3. The quantitative estimate of drug-likeness (QED) is 0.884. The average molecular weight is 295 g/mol. The summed E-state index contributed by atoms with van der Waals surface area (Å²) >= 11 is 0. The van der Waals surface area contributed by atoms with Crippen LogP contribution in [0.5, 0.6) is 0 Å². The molecule has 0 atom stereocenters. The van der Waals surface area contributed by atoms with Crippen LogP contribution in [-0.4, -0.2) is 23.3 Å². The molecule has 1 aliphatic carbocycles. The van der Waals surface area contributed by atoms with E-state index in [1.54, 1.807) is 24.4 Å². The number of pyridine rings is 1. The first-order valence-corrected chi connectivity index (χ1v) is 7.25. The van der Waals surface area contributed by atoms with Gasteiger partial charge in [-0.15, -0.1) is 0 Å². The molecule has 2 N–H and O–H groups in total. The third kappa shape index (κ3) is 2.98. The highest BCUT2D eigenvalue weighted by molar-refractivity contribution is 5.97. The number of anilines is 1. The average Bonchev–Trinajstić information content (AvgIpc) is 3.36. The first-order valence-electron chi connectivity index (χ1n) is 7.25. The molecule has 1 aliphatic rings. The maximum Gasteiger partial charge on any atom is 0.244 e. The number of aromatic nitrogens is 1. The standard InChI is InChI=1S/C17H17N3O2/c21-15(20-14-8-4-5-11-18-14)12-19-16(22)17(9-10-17)13-6-2-1-3-7-13/h1-8,11H,9-10,12H2,(H,19,22)(H,18,20,21). The van der Waals surface area contributed by atoms with Crippen LogP contribution in [0.25, 0.3) is 0 Å². The van der Waals surface area contributed by atoms with Crippen LogP contribution in [-0.2, 0) is 15.0 Å². The summed E-state index contributed by atoms with van der Waals surface area (Å²) in [6, 6.07) is 15.0. The maximum atomic E-state index is 12.4. The molecule has 3 rings (SSSR count). The Kier molecular flexibility index (Phi) is 3.87. The molecule has 0 aliphatic heterocycles. The van der Waals surface area contributed by atoms with Crippen molar-refractivity contribution in [3.05, 3.63) is 60.3 Å². The number of carbonyl (C=O) groups is 2. The van der Waals surface area contributed by atoms with Gasteiger partial charge < -0.3 is 10.6 Å². The number of hydrogen-bond acceptors (Lipinski definition) is 3. The van der Waals surface area contributed by atoms with Gasteiger partial charge in [-0.05, 0) is 30.5 Å². The van der Waals surface area contributed by atoms with Gasteiger partial charge in [0.2, 0.25) is 11.8 Å². The summed E-state index contributed by atoms with van der Waals surface area (Å²) in [5.41, 5.74) is 0.560. The zero-order valence-corrected chi connectivity index (χ0v) is 12.1. The summed E-state index contributed by atoms with van der Waals surface area (Å²) in [5, 5.41) is 5.37. The Labute approximate surface area is 128 Å². The van der Waals surface area contributed by atoms with E-state index in [1.807, 2.05) is 30.3 Å². The van der Waals surface area contributed by atoms with E-state index in [4.69, 9.17) is 0 Å². The minimum atomic E-state index is -0.452. The number of nitrogens with one attached hydrogen (secondary N) is 2. The van der Waals surface area contributed by atoms with Gasteiger partial charge in [0.15, 0.2) is 0 Å². The van der Waals surface area contributed by atoms with Crippen LogP contribution < -0.4 is 10.6 Å². The predicted octanol–water partition coefficient (Wildman–Crippen LogP) is 1.87. The van der Waals surface area contributed by atoms with Gasteiger partial charge in [-0.2, -0.15) is 0 Å². The van der Waals surface area contributed by atoms with Crippen molar-refractivity contribution >= 4 is 17.6 Å². The Hall–Kier alpha value is -2.69. The lowest BCUT2D eigenvalue weighted by molar-refractivity contribution is -0.126. The molecule has 5 heteroatoms. The van der Waals surface area contributed by atoms with Gasteiger partial charge in [-0.1, -0.05) is 36.4 Å². The monoisotopic (exact) mass is 295 g/mol. The van der Waals surface area contributed by atoms with E-state index in [-0.39, 0.29) is 18.4 Å². The predicted molar refractivity (Wildman–Crippen MR) is 83.2 cm³/mol. The molecule has 1 aromatic carbocycles. The Morgan fingerprint density at radius 1 is 1.05 bits per heavy atom. The van der Waals surface area contributed by atoms with Crippen LogP contribution in [0.1, 0.15) is 18.4 Å². The number of carbonyl (C=O) groups excluding carboxylic acids is 2. The van der Waals surface area contributed by atoms with Crippen LogP contribution >= 0.6 is 0 Å². The van der Waals surface area contributed by atoms with Crippen molar-refractivity contribution < 1.29 is 9.59 Å². The van der Waals surface area contributed by atoms with E-state index in [1.165, 1.54) is 0 Å². The molecule has 22 heavy (non-hydrogen) atoms. The van der Waals surface area contributed by atoms with Crippen molar-refractivity contribution in [1.82, 2.24) is 10.3 Å². The lowest BCUT2D eigenvalue weighted by Crippen LogP contribution is -2.39. The highest BCUT2D eigenvalue weighted by atomic mass is 16.2. The van der Waals surface area contributed by atoms with Crippen LogP contribution in [0.15, 0.2) is 54.7 Å². The number of benzene rings is 1. The second kappa shape index (κ2) is 5.97. The van der Waals surface area contributed by atoms with Crippen molar-refractivity contribution in [3.8, 4) is 0 Å². The molecule has 1 fully saturated rings. The lowest BCUT2D eigenvalue weighted by Gasteiger charge is -2.15. The maximum absolute atomic E-state index is 12.4. The van der Waals surface area contributed by atoms with E-state index < -0.39 is 5.41 Å². The van der Waals surface area contributed by atoms with Gasteiger partial charge in [0.05, 0.1) is 12.0 Å². The van der Waals surface area contributed by atoms with Gasteiger partial charge in [0.1, 0.15) is 5.82 Å². The smallest absolute Gasteiger partial charge is 0.244 e. The van der Waals surface area contributed by atoms with E-state index >= 15 is 0 Å². The van der Waals surface area contributed by atoms with Crippen molar-refractivity contribution in [1.29, 1.82) is 0 Å². The van der Waals surface area contributed by atoms with Crippen LogP contribution in [0.3, 0.4) is 0 Å². The first-order chi connectivity index (χ1) is 10.7. The highest BCUT2D eigenvalue weighted by Crippen LogP contribution is 2.48. The molecule has 2 aromatic rings. The van der Waals surface area contributed by atoms with E-state index in [9.17, 15) is 9.59 Å². The fraction of sp³-hybridized carbons (Fsp3) is 0.235. The molecule has 0 unspecified atom stereocenters. The summed E-state index contributed by atoms with van der Waals surface area (Å²) in [5.74, 6) is 0.108. The molecule has 1 aromatic heterocycles. The Balaban J connectivity index is 1.56. The fourth-order valence-electron chi connectivity index (χ4n) is 2.48. The molecule has 0 bridgehead atoms. The summed E-state index contributed by atoms with van der Waals surface area (Å²) < 4.78 is 0. The molecule has 0 spiro atoms.